The second-order valence-corrected chi connectivity index (χ2v) is 10.2. The third-order valence-corrected chi connectivity index (χ3v) is 7.69. The van der Waals surface area contributed by atoms with Gasteiger partial charge in [0.25, 0.3) is 5.91 Å². The molecule has 4 aromatic rings. The molecule has 0 bridgehead atoms. The fourth-order valence-corrected chi connectivity index (χ4v) is 5.35. The van der Waals surface area contributed by atoms with E-state index in [-0.39, 0.29) is 18.0 Å². The first-order chi connectivity index (χ1) is 16.9. The number of nitrogens with one attached hydrogen (secondary N) is 1. The summed E-state index contributed by atoms with van der Waals surface area (Å²) in [6.07, 6.45) is 0.772. The van der Waals surface area contributed by atoms with Gasteiger partial charge in [-0.1, -0.05) is 59.6 Å². The van der Waals surface area contributed by atoms with Gasteiger partial charge in [0.05, 0.1) is 21.3 Å². The third kappa shape index (κ3) is 5.10. The van der Waals surface area contributed by atoms with E-state index in [1.54, 1.807) is 24.3 Å². The second kappa shape index (κ2) is 9.82. The van der Waals surface area contributed by atoms with Gasteiger partial charge in [0.1, 0.15) is 6.10 Å². The van der Waals surface area contributed by atoms with Gasteiger partial charge >= 0.3 is 5.97 Å². The first kappa shape index (κ1) is 23.5. The highest BCUT2D eigenvalue weighted by Crippen LogP contribution is 2.32. The van der Waals surface area contributed by atoms with Crippen LogP contribution < -0.4 is 5.32 Å². The summed E-state index contributed by atoms with van der Waals surface area (Å²) in [5.41, 5.74) is 4.52. The highest BCUT2D eigenvalue weighted by atomic mass is 35.5. The molecular formula is C27H20Cl2N2O3S. The van der Waals surface area contributed by atoms with Crippen molar-refractivity contribution >= 4 is 51.5 Å². The summed E-state index contributed by atoms with van der Waals surface area (Å²) in [6.45, 7) is 1.91. The number of fused-ring (bicyclic) bond motifs is 1. The Bertz CT molecular complexity index is 1440. The topological polar surface area (TPSA) is 68.3 Å². The maximum atomic E-state index is 13.0. The van der Waals surface area contributed by atoms with E-state index < -0.39 is 0 Å². The molecule has 35 heavy (non-hydrogen) atoms. The zero-order valence-electron chi connectivity index (χ0n) is 18.7. The minimum absolute atomic E-state index is 0.280. The summed E-state index contributed by atoms with van der Waals surface area (Å²) < 4.78 is 5.61. The molecule has 5 rings (SSSR count). The number of hydrogen-bond acceptors (Lipinski definition) is 5. The number of thiazole rings is 1. The smallest absolute Gasteiger partial charge is 0.339 e. The predicted molar refractivity (Wildman–Crippen MR) is 139 cm³/mol. The second-order valence-electron chi connectivity index (χ2n) is 8.29. The van der Waals surface area contributed by atoms with E-state index in [1.165, 1.54) is 11.3 Å². The summed E-state index contributed by atoms with van der Waals surface area (Å²) in [5.74, 6) is -0.660. The molecule has 0 aliphatic carbocycles. The minimum atomic E-state index is -0.380. The fraction of sp³-hybridized carbons (Fsp3) is 0.148. The zero-order chi connectivity index (χ0) is 24.5. The SMILES string of the molecule is Cc1nc(NC(=O)c2ccc3c(c2)CC(c2ccccc2)OC3=O)sc1Cc1ccc(Cl)c(Cl)c1. The number of carbonyl (C=O) groups excluding carboxylic acids is 2. The van der Waals surface area contributed by atoms with Crippen molar-refractivity contribution in [1.82, 2.24) is 4.98 Å². The largest absolute Gasteiger partial charge is 0.454 e. The van der Waals surface area contributed by atoms with Crippen LogP contribution in [0, 0.1) is 6.92 Å². The van der Waals surface area contributed by atoms with Crippen LogP contribution in [0.5, 0.6) is 0 Å². The molecule has 0 radical (unpaired) electrons. The van der Waals surface area contributed by atoms with Crippen LogP contribution in [0.3, 0.4) is 0 Å². The van der Waals surface area contributed by atoms with Crippen LogP contribution in [-0.4, -0.2) is 16.9 Å². The van der Waals surface area contributed by atoms with Gasteiger partial charge in [0.15, 0.2) is 5.13 Å². The molecule has 8 heteroatoms. The van der Waals surface area contributed by atoms with Gasteiger partial charge in [-0.25, -0.2) is 9.78 Å². The Balaban J connectivity index is 1.32. The summed E-state index contributed by atoms with van der Waals surface area (Å²) >= 11 is 13.6. The molecule has 1 amide bonds. The fourth-order valence-electron chi connectivity index (χ4n) is 4.04. The number of aryl methyl sites for hydroxylation is 1. The van der Waals surface area contributed by atoms with E-state index in [0.717, 1.165) is 27.3 Å². The first-order valence-corrected chi connectivity index (χ1v) is 12.5. The Morgan fingerprint density at radius 3 is 2.66 bits per heavy atom. The number of halogens is 2. The molecule has 0 spiro atoms. The van der Waals surface area contributed by atoms with Crippen molar-refractivity contribution in [1.29, 1.82) is 0 Å². The maximum absolute atomic E-state index is 13.0. The zero-order valence-corrected chi connectivity index (χ0v) is 21.0. The van der Waals surface area contributed by atoms with E-state index >= 15 is 0 Å². The first-order valence-electron chi connectivity index (χ1n) is 11.0. The molecule has 1 aromatic heterocycles. The van der Waals surface area contributed by atoms with E-state index in [2.05, 4.69) is 10.3 Å². The van der Waals surface area contributed by atoms with Crippen LogP contribution in [0.25, 0.3) is 0 Å². The summed E-state index contributed by atoms with van der Waals surface area (Å²) in [5, 5.41) is 4.42. The summed E-state index contributed by atoms with van der Waals surface area (Å²) in [4.78, 5) is 31.1. The minimum Gasteiger partial charge on any atom is -0.454 e. The Morgan fingerprint density at radius 1 is 1.09 bits per heavy atom. The monoisotopic (exact) mass is 522 g/mol. The van der Waals surface area contributed by atoms with Crippen LogP contribution in [0.1, 0.15) is 54.1 Å². The van der Waals surface area contributed by atoms with Crippen molar-refractivity contribution in [2.24, 2.45) is 0 Å². The Hall–Kier alpha value is -3.19. The molecule has 1 unspecified atom stereocenters. The van der Waals surface area contributed by atoms with E-state index in [0.29, 0.717) is 39.1 Å². The van der Waals surface area contributed by atoms with Crippen molar-refractivity contribution in [3.05, 3.63) is 115 Å². The number of aromatic nitrogens is 1. The molecular weight excluding hydrogens is 503 g/mol. The summed E-state index contributed by atoms with van der Waals surface area (Å²) in [7, 11) is 0. The molecule has 1 N–H and O–H groups in total. The predicted octanol–water partition coefficient (Wildman–Crippen LogP) is 7.06. The highest BCUT2D eigenvalue weighted by molar-refractivity contribution is 7.15. The standard InChI is InChI=1S/C27H20Cl2N2O3S/c1-15-24(12-16-7-10-21(28)22(29)11-16)35-27(30-15)31-25(32)18-8-9-20-19(13-18)14-23(34-26(20)33)17-5-3-2-4-6-17/h2-11,13,23H,12,14H2,1H3,(H,30,31,32). The van der Waals surface area contributed by atoms with E-state index in [4.69, 9.17) is 27.9 Å². The van der Waals surface area contributed by atoms with Crippen LogP contribution in [0.4, 0.5) is 5.13 Å². The van der Waals surface area contributed by atoms with Gasteiger partial charge < -0.3 is 4.74 Å². The molecule has 0 fully saturated rings. The molecule has 1 atom stereocenters. The highest BCUT2D eigenvalue weighted by Gasteiger charge is 2.28. The van der Waals surface area contributed by atoms with Crippen molar-refractivity contribution in [3.8, 4) is 0 Å². The molecule has 0 saturated carbocycles. The number of amides is 1. The molecule has 176 valence electrons. The number of cyclic esters (lactones) is 1. The number of hydrogen-bond donors (Lipinski definition) is 1. The lowest BCUT2D eigenvalue weighted by Gasteiger charge is -2.25. The Labute approximate surface area is 216 Å². The molecule has 5 nitrogen and oxygen atoms in total. The van der Waals surface area contributed by atoms with Gasteiger partial charge in [0, 0.05) is 23.3 Å². The molecule has 1 aliphatic rings. The molecule has 1 aliphatic heterocycles. The van der Waals surface area contributed by atoms with Gasteiger partial charge in [-0.05, 0) is 53.9 Å². The van der Waals surface area contributed by atoms with E-state index in [9.17, 15) is 9.59 Å². The lowest BCUT2D eigenvalue weighted by Crippen LogP contribution is -2.23. The number of ether oxygens (including phenoxy) is 1. The van der Waals surface area contributed by atoms with Gasteiger partial charge in [-0.2, -0.15) is 0 Å². The van der Waals surface area contributed by atoms with Crippen molar-refractivity contribution < 1.29 is 14.3 Å². The Morgan fingerprint density at radius 2 is 1.89 bits per heavy atom. The maximum Gasteiger partial charge on any atom is 0.339 e. The van der Waals surface area contributed by atoms with Crippen LogP contribution in [0.2, 0.25) is 10.0 Å². The molecule has 0 saturated heterocycles. The van der Waals surface area contributed by atoms with Crippen molar-refractivity contribution in [3.63, 3.8) is 0 Å². The average molecular weight is 523 g/mol. The van der Waals surface area contributed by atoms with Crippen molar-refractivity contribution in [2.45, 2.75) is 25.9 Å². The molecule has 2 heterocycles. The quantitative estimate of drug-likeness (QED) is 0.285. The van der Waals surface area contributed by atoms with Gasteiger partial charge in [0.2, 0.25) is 0 Å². The Kier molecular flexibility index (Phi) is 6.60. The van der Waals surface area contributed by atoms with Crippen LogP contribution in [-0.2, 0) is 17.6 Å². The number of esters is 1. The average Bonchev–Trinajstić information content (AvgIpc) is 3.19. The number of benzene rings is 3. The van der Waals surface area contributed by atoms with Gasteiger partial charge in [-0.15, -0.1) is 11.3 Å². The lowest BCUT2D eigenvalue weighted by atomic mass is 9.93. The summed E-state index contributed by atoms with van der Waals surface area (Å²) in [6, 6.07) is 20.2. The van der Waals surface area contributed by atoms with Crippen molar-refractivity contribution in [2.75, 3.05) is 5.32 Å². The van der Waals surface area contributed by atoms with Crippen LogP contribution >= 0.6 is 34.5 Å². The van der Waals surface area contributed by atoms with Crippen LogP contribution in [0.15, 0.2) is 66.7 Å². The van der Waals surface area contributed by atoms with Gasteiger partial charge in [-0.3, -0.25) is 10.1 Å². The lowest BCUT2D eigenvalue weighted by molar-refractivity contribution is 0.0252. The molecule has 3 aromatic carbocycles. The van der Waals surface area contributed by atoms with E-state index in [1.807, 2.05) is 49.4 Å². The number of nitrogens with zero attached hydrogens (tertiary/aromatic N) is 1. The number of rotatable bonds is 5. The number of anilines is 1. The third-order valence-electron chi connectivity index (χ3n) is 5.88. The number of carbonyl (C=O) groups is 2. The normalized spacial score (nSPS) is 14.8.